The SMILES string of the molecule is COc1c(Cl)cc2c(c1CCCN)CCCCC2. The van der Waals surface area contributed by atoms with Crippen LogP contribution in [0.5, 0.6) is 5.75 Å². The molecule has 1 aromatic rings. The van der Waals surface area contributed by atoms with Crippen molar-refractivity contribution in [3.8, 4) is 5.75 Å². The Hall–Kier alpha value is -0.730. The maximum absolute atomic E-state index is 6.34. The van der Waals surface area contributed by atoms with Gasteiger partial charge in [0.05, 0.1) is 12.1 Å². The van der Waals surface area contributed by atoms with Gasteiger partial charge in [0, 0.05) is 0 Å². The average Bonchev–Trinajstić information content (AvgIpc) is 2.60. The second-order valence-corrected chi connectivity index (χ2v) is 5.37. The Kier molecular flexibility index (Phi) is 4.90. The molecule has 2 rings (SSSR count). The lowest BCUT2D eigenvalue weighted by Crippen LogP contribution is -2.06. The number of rotatable bonds is 4. The summed E-state index contributed by atoms with van der Waals surface area (Å²) in [5.74, 6) is 0.866. The van der Waals surface area contributed by atoms with Crippen molar-refractivity contribution in [3.63, 3.8) is 0 Å². The van der Waals surface area contributed by atoms with Crippen molar-refractivity contribution in [2.45, 2.75) is 44.9 Å². The summed E-state index contributed by atoms with van der Waals surface area (Å²) in [7, 11) is 1.70. The fraction of sp³-hybridized carbons (Fsp3) is 0.600. The average molecular weight is 268 g/mol. The largest absolute Gasteiger partial charge is 0.495 e. The molecule has 0 aromatic heterocycles. The van der Waals surface area contributed by atoms with Gasteiger partial charge >= 0.3 is 0 Å². The Balaban J connectivity index is 2.46. The van der Waals surface area contributed by atoms with Crippen molar-refractivity contribution in [3.05, 3.63) is 27.8 Å². The van der Waals surface area contributed by atoms with Crippen LogP contribution in [-0.4, -0.2) is 13.7 Å². The van der Waals surface area contributed by atoms with Gasteiger partial charge in [-0.15, -0.1) is 0 Å². The van der Waals surface area contributed by atoms with Gasteiger partial charge < -0.3 is 10.5 Å². The van der Waals surface area contributed by atoms with Crippen molar-refractivity contribution in [2.24, 2.45) is 5.73 Å². The van der Waals surface area contributed by atoms with E-state index >= 15 is 0 Å². The predicted molar refractivity (Wildman–Crippen MR) is 76.6 cm³/mol. The molecule has 1 aromatic carbocycles. The zero-order chi connectivity index (χ0) is 13.0. The van der Waals surface area contributed by atoms with Gasteiger partial charge in [-0.25, -0.2) is 0 Å². The summed E-state index contributed by atoms with van der Waals surface area (Å²) < 4.78 is 5.51. The van der Waals surface area contributed by atoms with Crippen LogP contribution in [-0.2, 0) is 19.3 Å². The number of halogens is 1. The van der Waals surface area contributed by atoms with E-state index in [1.165, 1.54) is 36.0 Å². The van der Waals surface area contributed by atoms with Gasteiger partial charge in [0.2, 0.25) is 0 Å². The van der Waals surface area contributed by atoms with Gasteiger partial charge in [-0.2, -0.15) is 0 Å². The van der Waals surface area contributed by atoms with Crippen LogP contribution in [0.2, 0.25) is 5.02 Å². The van der Waals surface area contributed by atoms with Crippen molar-refractivity contribution < 1.29 is 4.74 Å². The Morgan fingerprint density at radius 2 is 2.06 bits per heavy atom. The summed E-state index contributed by atoms with van der Waals surface area (Å²) in [6.07, 6.45) is 8.12. The van der Waals surface area contributed by atoms with Crippen LogP contribution >= 0.6 is 11.6 Å². The summed E-state index contributed by atoms with van der Waals surface area (Å²) in [6, 6.07) is 2.10. The first-order valence-corrected chi connectivity index (χ1v) is 7.23. The molecule has 100 valence electrons. The van der Waals surface area contributed by atoms with Crippen LogP contribution in [0, 0.1) is 0 Å². The van der Waals surface area contributed by atoms with E-state index in [-0.39, 0.29) is 0 Å². The van der Waals surface area contributed by atoms with E-state index in [0.717, 1.165) is 36.5 Å². The first-order valence-electron chi connectivity index (χ1n) is 6.85. The van der Waals surface area contributed by atoms with E-state index in [2.05, 4.69) is 6.07 Å². The first kappa shape index (κ1) is 13.7. The van der Waals surface area contributed by atoms with Crippen molar-refractivity contribution in [2.75, 3.05) is 13.7 Å². The van der Waals surface area contributed by atoms with E-state index in [0.29, 0.717) is 6.54 Å². The number of hydrogen-bond acceptors (Lipinski definition) is 2. The summed E-state index contributed by atoms with van der Waals surface area (Å²) in [6.45, 7) is 0.713. The summed E-state index contributed by atoms with van der Waals surface area (Å²) in [5, 5.41) is 0.755. The van der Waals surface area contributed by atoms with E-state index in [1.807, 2.05) is 0 Å². The minimum Gasteiger partial charge on any atom is -0.495 e. The molecule has 0 atom stereocenters. The third-order valence-corrected chi connectivity index (χ3v) is 4.03. The van der Waals surface area contributed by atoms with E-state index in [1.54, 1.807) is 7.11 Å². The zero-order valence-corrected chi connectivity index (χ0v) is 11.9. The Morgan fingerprint density at radius 3 is 2.78 bits per heavy atom. The molecule has 2 N–H and O–H groups in total. The number of methoxy groups -OCH3 is 1. The molecule has 0 radical (unpaired) electrons. The molecule has 1 aliphatic rings. The highest BCUT2D eigenvalue weighted by Gasteiger charge is 2.18. The molecule has 0 spiro atoms. The standard InChI is InChI=1S/C15H22ClNO/c1-18-15-13(8-5-9-17)12-7-4-2-3-6-11(12)10-14(15)16/h10H,2-9,17H2,1H3. The number of aryl methyl sites for hydroxylation is 1. The lowest BCUT2D eigenvalue weighted by Gasteiger charge is -2.18. The molecular weight excluding hydrogens is 246 g/mol. The minimum absolute atomic E-state index is 0.713. The number of ether oxygens (including phenoxy) is 1. The van der Waals surface area contributed by atoms with Crippen molar-refractivity contribution >= 4 is 11.6 Å². The van der Waals surface area contributed by atoms with Crippen molar-refractivity contribution in [1.29, 1.82) is 0 Å². The molecule has 0 unspecified atom stereocenters. The molecule has 0 aliphatic heterocycles. The van der Waals surface area contributed by atoms with Gasteiger partial charge in [0.15, 0.2) is 0 Å². The van der Waals surface area contributed by atoms with Crippen molar-refractivity contribution in [1.82, 2.24) is 0 Å². The molecule has 1 aliphatic carbocycles. The van der Waals surface area contributed by atoms with Crippen LogP contribution in [0.4, 0.5) is 0 Å². The summed E-state index contributed by atoms with van der Waals surface area (Å²) in [4.78, 5) is 0. The molecular formula is C15H22ClNO. The lowest BCUT2D eigenvalue weighted by atomic mass is 9.93. The van der Waals surface area contributed by atoms with E-state index < -0.39 is 0 Å². The highest BCUT2D eigenvalue weighted by atomic mass is 35.5. The molecule has 0 bridgehead atoms. The Morgan fingerprint density at radius 1 is 1.28 bits per heavy atom. The third kappa shape index (κ3) is 2.81. The maximum atomic E-state index is 6.34. The zero-order valence-electron chi connectivity index (χ0n) is 11.1. The minimum atomic E-state index is 0.713. The molecule has 0 heterocycles. The van der Waals surface area contributed by atoms with Crippen LogP contribution in [0.15, 0.2) is 6.07 Å². The van der Waals surface area contributed by atoms with Gasteiger partial charge in [0.1, 0.15) is 5.75 Å². The molecule has 3 heteroatoms. The van der Waals surface area contributed by atoms with Gasteiger partial charge in [-0.3, -0.25) is 0 Å². The van der Waals surface area contributed by atoms with Crippen LogP contribution in [0.1, 0.15) is 42.4 Å². The number of benzene rings is 1. The molecule has 0 saturated heterocycles. The quantitative estimate of drug-likeness (QED) is 0.848. The highest BCUT2D eigenvalue weighted by Crippen LogP contribution is 2.37. The lowest BCUT2D eigenvalue weighted by molar-refractivity contribution is 0.408. The maximum Gasteiger partial charge on any atom is 0.140 e. The van der Waals surface area contributed by atoms with Gasteiger partial charge in [-0.05, 0) is 67.8 Å². The smallest absolute Gasteiger partial charge is 0.140 e. The molecule has 0 amide bonds. The summed E-state index contributed by atoms with van der Waals surface area (Å²) >= 11 is 6.34. The van der Waals surface area contributed by atoms with E-state index in [4.69, 9.17) is 22.1 Å². The number of fused-ring (bicyclic) bond motifs is 1. The second kappa shape index (κ2) is 6.44. The topological polar surface area (TPSA) is 35.2 Å². The predicted octanol–water partition coefficient (Wildman–Crippen LogP) is 3.51. The molecule has 0 fully saturated rings. The Bertz CT molecular complexity index is 417. The third-order valence-electron chi connectivity index (χ3n) is 3.75. The number of nitrogens with two attached hydrogens (primary N) is 1. The first-order chi connectivity index (χ1) is 8.77. The Labute approximate surface area is 114 Å². The second-order valence-electron chi connectivity index (χ2n) is 4.96. The van der Waals surface area contributed by atoms with E-state index in [9.17, 15) is 0 Å². The van der Waals surface area contributed by atoms with Crippen LogP contribution < -0.4 is 10.5 Å². The van der Waals surface area contributed by atoms with Gasteiger partial charge in [0.25, 0.3) is 0 Å². The highest BCUT2D eigenvalue weighted by molar-refractivity contribution is 6.32. The van der Waals surface area contributed by atoms with Gasteiger partial charge in [-0.1, -0.05) is 18.0 Å². The normalized spacial score (nSPS) is 15.1. The molecule has 18 heavy (non-hydrogen) atoms. The molecule has 0 saturated carbocycles. The summed E-state index contributed by atoms with van der Waals surface area (Å²) in [5.41, 5.74) is 9.83. The van der Waals surface area contributed by atoms with Crippen LogP contribution in [0.25, 0.3) is 0 Å². The fourth-order valence-electron chi connectivity index (χ4n) is 2.87. The number of hydrogen-bond donors (Lipinski definition) is 1. The molecule has 2 nitrogen and oxygen atoms in total. The van der Waals surface area contributed by atoms with Crippen LogP contribution in [0.3, 0.4) is 0 Å². The fourth-order valence-corrected chi connectivity index (χ4v) is 3.20. The monoisotopic (exact) mass is 267 g/mol.